The number of aryl methyl sites for hydroxylation is 2. The van der Waals surface area contributed by atoms with Gasteiger partial charge in [-0.15, -0.1) is 24.0 Å². The van der Waals surface area contributed by atoms with Crippen LogP contribution in [0.5, 0.6) is 0 Å². The zero-order valence-electron chi connectivity index (χ0n) is 27.3. The maximum atomic E-state index is 5.24. The first-order valence-electron chi connectivity index (χ1n) is 16.4. The zero-order valence-corrected chi connectivity index (χ0v) is 29.6. The summed E-state index contributed by atoms with van der Waals surface area (Å²) in [5.74, 6) is 2.45. The average molecular weight is 710 g/mol. The smallest absolute Gasteiger partial charge is 0.210 e. The monoisotopic (exact) mass is 709 g/mol. The Hall–Kier alpha value is -3.65. The predicted octanol–water partition coefficient (Wildman–Crippen LogP) is 10.3. The van der Waals surface area contributed by atoms with Gasteiger partial charge in [-0.3, -0.25) is 4.57 Å². The van der Waals surface area contributed by atoms with E-state index >= 15 is 0 Å². The molecular formula is C39H44IN5. The maximum Gasteiger partial charge on any atom is 0.210 e. The van der Waals surface area contributed by atoms with E-state index in [9.17, 15) is 0 Å². The molecule has 4 aromatic carbocycles. The molecule has 0 fully saturated rings. The Bertz CT molecular complexity index is 2080. The summed E-state index contributed by atoms with van der Waals surface area (Å²) in [6.45, 7) is 13.3. The van der Waals surface area contributed by atoms with E-state index in [-0.39, 0.29) is 36.1 Å². The normalized spacial score (nSPS) is 15.2. The lowest BCUT2D eigenvalue weighted by atomic mass is 10.0. The van der Waals surface area contributed by atoms with Crippen LogP contribution in [0.2, 0.25) is 0 Å². The van der Waals surface area contributed by atoms with Crippen LogP contribution in [-0.2, 0) is 12.8 Å². The van der Waals surface area contributed by atoms with Gasteiger partial charge in [0.2, 0.25) is 5.96 Å². The van der Waals surface area contributed by atoms with Gasteiger partial charge in [-0.1, -0.05) is 96.8 Å². The van der Waals surface area contributed by atoms with Crippen molar-refractivity contribution in [1.29, 1.82) is 0 Å². The molecule has 0 aliphatic carbocycles. The van der Waals surface area contributed by atoms with Gasteiger partial charge in [-0.05, 0) is 66.3 Å². The topological polar surface area (TPSA) is 46.6 Å². The van der Waals surface area contributed by atoms with Crippen LogP contribution >= 0.6 is 24.0 Å². The van der Waals surface area contributed by atoms with Gasteiger partial charge in [-0.2, -0.15) is 0 Å². The number of amidine groups is 1. The first-order valence-corrected chi connectivity index (χ1v) is 16.4. The lowest BCUT2D eigenvalue weighted by Gasteiger charge is -2.26. The number of hydrogen-bond acceptors (Lipinski definition) is 3. The fraction of sp³-hybridized carbons (Fsp3) is 0.333. The van der Waals surface area contributed by atoms with Crippen LogP contribution in [0.15, 0.2) is 88.8 Å². The third kappa shape index (κ3) is 5.45. The van der Waals surface area contributed by atoms with Crippen LogP contribution < -0.4 is 5.32 Å². The quantitative estimate of drug-likeness (QED) is 0.165. The zero-order chi connectivity index (χ0) is 30.5. The SMILES string of the molecule is CCCc1ccc2c3cc4c(cc3n(C3=NC(C(C)C)N=C(C(C)C)N3)c2c1)c1ccc(CCC)cc1n4-c1ccccc1.I. The first kappa shape index (κ1) is 31.3. The number of nitrogens with one attached hydrogen (secondary N) is 1. The van der Waals surface area contributed by atoms with E-state index in [0.717, 1.165) is 37.5 Å². The Labute approximate surface area is 283 Å². The van der Waals surface area contributed by atoms with E-state index in [1.165, 1.54) is 60.4 Å². The molecule has 0 amide bonds. The summed E-state index contributed by atoms with van der Waals surface area (Å²) in [4.78, 5) is 10.2. The second kappa shape index (κ2) is 12.6. The van der Waals surface area contributed by atoms with Crippen molar-refractivity contribution in [3.8, 4) is 5.69 Å². The summed E-state index contributed by atoms with van der Waals surface area (Å²) in [6, 6.07) is 29.6. The van der Waals surface area contributed by atoms with Crippen molar-refractivity contribution in [2.24, 2.45) is 21.8 Å². The Morgan fingerprint density at radius 2 is 1.18 bits per heavy atom. The maximum absolute atomic E-state index is 5.24. The van der Waals surface area contributed by atoms with Crippen LogP contribution in [0.3, 0.4) is 0 Å². The van der Waals surface area contributed by atoms with Crippen molar-refractivity contribution in [1.82, 2.24) is 14.5 Å². The van der Waals surface area contributed by atoms with Gasteiger partial charge in [0.25, 0.3) is 0 Å². The van der Waals surface area contributed by atoms with Gasteiger partial charge in [0.15, 0.2) is 0 Å². The first-order chi connectivity index (χ1) is 21.4. The minimum Gasteiger partial charge on any atom is -0.314 e. The summed E-state index contributed by atoms with van der Waals surface area (Å²) < 4.78 is 4.82. The van der Waals surface area contributed by atoms with Gasteiger partial charge in [0.1, 0.15) is 12.0 Å². The minimum absolute atomic E-state index is 0. The lowest BCUT2D eigenvalue weighted by Crippen LogP contribution is -2.43. The van der Waals surface area contributed by atoms with Crippen molar-refractivity contribution in [3.05, 3.63) is 90.0 Å². The number of fused-ring (bicyclic) bond motifs is 6. The number of aromatic nitrogens is 2. The minimum atomic E-state index is -0.115. The van der Waals surface area contributed by atoms with E-state index in [1.54, 1.807) is 0 Å². The van der Waals surface area contributed by atoms with Gasteiger partial charge < -0.3 is 9.88 Å². The van der Waals surface area contributed by atoms with Crippen LogP contribution in [0.1, 0.15) is 65.5 Å². The molecule has 1 N–H and O–H groups in total. The Kier molecular flexibility index (Phi) is 8.79. The second-order valence-corrected chi connectivity index (χ2v) is 13.0. The standard InChI is InChI=1S/C39H43N5.HI/c1-7-12-26-16-18-29-31-23-36-32(22-35(31)43(33(29)20-26)28-14-10-9-11-15-28)30-19-17-27(13-8-2)21-34(30)44(36)39-41-37(24(3)4)40-38(42-39)25(5)6;/h9-11,14-25,37H,7-8,12-13H2,1-6H3,(H,40,41,42);1H. The molecule has 0 spiro atoms. The predicted molar refractivity (Wildman–Crippen MR) is 204 cm³/mol. The summed E-state index contributed by atoms with van der Waals surface area (Å²) in [6.07, 6.45) is 4.26. The number of nitrogens with zero attached hydrogens (tertiary/aromatic N) is 4. The Morgan fingerprint density at radius 1 is 0.644 bits per heavy atom. The van der Waals surface area contributed by atoms with Gasteiger partial charge in [0.05, 0.1) is 22.1 Å². The molecular weight excluding hydrogens is 665 g/mol. The molecule has 45 heavy (non-hydrogen) atoms. The van der Waals surface area contributed by atoms with Crippen molar-refractivity contribution >= 4 is 79.4 Å². The number of benzene rings is 4. The van der Waals surface area contributed by atoms with E-state index in [0.29, 0.717) is 5.92 Å². The molecule has 6 aromatic rings. The molecule has 2 aromatic heterocycles. The Morgan fingerprint density at radius 3 is 1.71 bits per heavy atom. The highest BCUT2D eigenvalue weighted by Gasteiger charge is 2.26. The summed E-state index contributed by atoms with van der Waals surface area (Å²) in [5.41, 5.74) is 8.77. The van der Waals surface area contributed by atoms with E-state index in [2.05, 4.69) is 135 Å². The molecule has 0 saturated carbocycles. The highest BCUT2D eigenvalue weighted by atomic mass is 127. The largest absolute Gasteiger partial charge is 0.314 e. The third-order valence-electron chi connectivity index (χ3n) is 8.99. The highest BCUT2D eigenvalue weighted by molar-refractivity contribution is 14.0. The van der Waals surface area contributed by atoms with Crippen molar-refractivity contribution in [3.63, 3.8) is 0 Å². The Balaban J connectivity index is 0.00000357. The van der Waals surface area contributed by atoms with Crippen molar-refractivity contribution in [2.75, 3.05) is 0 Å². The van der Waals surface area contributed by atoms with E-state index in [1.807, 2.05) is 0 Å². The fourth-order valence-corrected chi connectivity index (χ4v) is 6.77. The molecule has 6 heteroatoms. The molecule has 1 unspecified atom stereocenters. The lowest BCUT2D eigenvalue weighted by molar-refractivity contribution is 0.500. The molecule has 3 heterocycles. The van der Waals surface area contributed by atoms with Gasteiger partial charge in [-0.25, -0.2) is 9.98 Å². The number of aliphatic imine (C=N–C) groups is 2. The third-order valence-corrected chi connectivity index (χ3v) is 8.99. The van der Waals surface area contributed by atoms with Crippen LogP contribution in [0.4, 0.5) is 0 Å². The number of para-hydroxylation sites is 1. The molecule has 1 aliphatic rings. The fourth-order valence-electron chi connectivity index (χ4n) is 6.77. The number of rotatable bonds is 7. The number of halogens is 1. The van der Waals surface area contributed by atoms with Crippen LogP contribution in [-0.4, -0.2) is 27.1 Å². The van der Waals surface area contributed by atoms with Crippen LogP contribution in [0.25, 0.3) is 49.3 Å². The molecule has 0 saturated heterocycles. The molecule has 0 bridgehead atoms. The average Bonchev–Trinajstić information content (AvgIpc) is 3.51. The van der Waals surface area contributed by atoms with Crippen molar-refractivity contribution in [2.45, 2.75) is 73.4 Å². The molecule has 0 radical (unpaired) electrons. The van der Waals surface area contributed by atoms with Crippen LogP contribution in [0, 0.1) is 11.8 Å². The molecule has 232 valence electrons. The summed E-state index contributed by atoms with van der Waals surface area (Å²) >= 11 is 0. The summed E-state index contributed by atoms with van der Waals surface area (Å²) in [7, 11) is 0. The van der Waals surface area contributed by atoms with Gasteiger partial charge >= 0.3 is 0 Å². The van der Waals surface area contributed by atoms with Crippen molar-refractivity contribution < 1.29 is 0 Å². The highest BCUT2D eigenvalue weighted by Crippen LogP contribution is 2.39. The second-order valence-electron chi connectivity index (χ2n) is 13.0. The molecule has 1 aliphatic heterocycles. The van der Waals surface area contributed by atoms with E-state index in [4.69, 9.17) is 9.98 Å². The molecule has 7 rings (SSSR count). The summed E-state index contributed by atoms with van der Waals surface area (Å²) in [5, 5.41) is 8.69. The molecule has 1 atom stereocenters. The van der Waals surface area contributed by atoms with Gasteiger partial charge in [0, 0.05) is 33.2 Å². The number of hydrogen-bond donors (Lipinski definition) is 1. The molecule has 5 nitrogen and oxygen atoms in total. The van der Waals surface area contributed by atoms with E-state index < -0.39 is 0 Å².